The molecule has 0 aliphatic heterocycles. The molecule has 0 aromatic carbocycles. The van der Waals surface area contributed by atoms with Crippen LogP contribution < -0.4 is 0 Å². The number of hydrogen-bond acceptors (Lipinski definition) is 2. The molecule has 0 saturated carbocycles. The molecule has 3 nitrogen and oxygen atoms in total. The fourth-order valence-corrected chi connectivity index (χ4v) is 42.1. The second-order valence-corrected chi connectivity index (χ2v) is 78.6. The van der Waals surface area contributed by atoms with Gasteiger partial charge in [-0.05, 0) is 31.9 Å². The van der Waals surface area contributed by atoms with Crippen LogP contribution in [0.15, 0.2) is 0 Å². The number of alkyl halides is 37. The third-order valence-corrected chi connectivity index (χ3v) is 89.2. The lowest BCUT2D eigenvalue weighted by Crippen LogP contribution is -2.74. The van der Waals surface area contributed by atoms with E-state index >= 15 is 0 Å². The van der Waals surface area contributed by atoms with Gasteiger partial charge in [-0.15, -0.1) is 0 Å². The highest BCUT2D eigenvalue weighted by molar-refractivity contribution is 9.43. The van der Waals surface area contributed by atoms with E-state index in [1.807, 2.05) is 0 Å². The molecule has 356 valence electrons. The van der Waals surface area contributed by atoms with E-state index in [0.29, 0.717) is 0 Å². The van der Waals surface area contributed by atoms with Gasteiger partial charge in [-0.2, -0.15) is 8.42 Å². The summed E-state index contributed by atoms with van der Waals surface area (Å²) >= 11 is 141. The average molecular weight is 3250 g/mol. The van der Waals surface area contributed by atoms with E-state index in [-0.39, 0.29) is 0 Å². The van der Waals surface area contributed by atoms with E-state index in [1.165, 1.54) is 0 Å². The van der Waals surface area contributed by atoms with Gasteiger partial charge in [-0.25, -0.2) is 0 Å². The van der Waals surface area contributed by atoms with E-state index in [0.717, 1.165) is 0 Å². The van der Waals surface area contributed by atoms with E-state index in [1.54, 1.807) is 0 Å². The van der Waals surface area contributed by atoms with Crippen molar-refractivity contribution in [2.45, 2.75) is 56.4 Å². The molecule has 0 aliphatic rings. The zero-order valence-corrected chi connectivity index (χ0v) is 84.2. The lowest BCUT2D eigenvalue weighted by Gasteiger charge is -2.62. The maximum absolute atomic E-state index is 12.6. The molecule has 0 rings (SSSR count). The summed E-state index contributed by atoms with van der Waals surface area (Å²) in [4.78, 5) is 0. The predicted octanol–water partition coefficient (Wildman–Crippen LogP) is 26.9. The molecule has 0 unspecified atom stereocenters. The molecule has 1 N–H and O–H groups in total. The standard InChI is InChI=1S/C18HBr37O3S/c19-1(20,3(23,24)5(27,28)7(31,32)9(35,36)11(39,40)13(43,44)15(47,48)17(51,52)53)2(21,22)4(25,26)6(29,30)8(33,34)10(37,38)12(41,42)14(45,46)16(49,50)18(54,55)59(56,57)58/h(H,56,57,58). The van der Waals surface area contributed by atoms with Crippen molar-refractivity contribution in [3.8, 4) is 0 Å². The lowest BCUT2D eigenvalue weighted by molar-refractivity contribution is 0.470. The first-order chi connectivity index (χ1) is 24.5. The number of rotatable bonds is 17. The maximum Gasteiger partial charge on any atom is 0.293 e. The number of hydrogen-bond donors (Lipinski definition) is 1. The largest absolute Gasteiger partial charge is 0.293 e. The van der Waals surface area contributed by atoms with E-state index in [9.17, 15) is 13.0 Å². The first-order valence-corrected chi connectivity index (χ1v) is 42.7. The van der Waals surface area contributed by atoms with Crippen LogP contribution in [0.3, 0.4) is 0 Å². The van der Waals surface area contributed by atoms with Gasteiger partial charge in [-0.1, -0.05) is 558 Å². The van der Waals surface area contributed by atoms with Crippen LogP contribution in [0.5, 0.6) is 0 Å². The Labute approximate surface area is 652 Å². The Hall–Kier alpha value is 17.7. The Morgan fingerprint density at radius 3 is 0.407 bits per heavy atom. The third kappa shape index (κ3) is 12.7. The normalized spacial score (nSPS) is 17.5. The van der Waals surface area contributed by atoms with Crippen molar-refractivity contribution < 1.29 is 13.0 Å². The highest BCUT2D eigenvalue weighted by atomic mass is 80.0. The van der Waals surface area contributed by atoms with Crippen molar-refractivity contribution in [3.05, 3.63) is 0 Å². The van der Waals surface area contributed by atoms with Crippen molar-refractivity contribution in [2.24, 2.45) is 0 Å². The zero-order chi connectivity index (χ0) is 49.5. The molecular weight excluding hydrogens is 3250 g/mol. The smallest absolute Gasteiger partial charge is 0.284 e. The van der Waals surface area contributed by atoms with Crippen molar-refractivity contribution in [3.63, 3.8) is 0 Å². The maximum atomic E-state index is 12.6. The summed E-state index contributed by atoms with van der Waals surface area (Å²) in [5, 5.41) is 0. The molecule has 0 aromatic rings. The SMILES string of the molecule is O=S(=O)(O)C(Br)(Br)C(Br)(Br)C(Br)(Br)C(Br)(Br)C(Br)(Br)C(Br)(Br)C(Br)(Br)C(Br)(Br)C(Br)(Br)C(Br)(Br)C(Br)(Br)C(Br)(Br)C(Br)(Br)C(Br)(Br)C(Br)(Br)C(Br)(Br)C(Br)(Br)C(Br)(Br)Br. The Balaban J connectivity index is 7.94. The van der Waals surface area contributed by atoms with Gasteiger partial charge in [0.15, 0.2) is 2.14 Å². The summed E-state index contributed by atoms with van der Waals surface area (Å²) in [6.07, 6.45) is 0. The van der Waals surface area contributed by atoms with Crippen LogP contribution in [0.25, 0.3) is 0 Å². The summed E-state index contributed by atoms with van der Waals surface area (Å²) in [6, 6.07) is 0. The molecule has 0 aliphatic carbocycles. The Morgan fingerprint density at radius 1 is 0.203 bits per heavy atom. The van der Waals surface area contributed by atoms with Crippen molar-refractivity contribution in [2.75, 3.05) is 0 Å². The minimum Gasteiger partial charge on any atom is -0.284 e. The summed E-state index contributed by atoms with van der Waals surface area (Å²) in [5.41, 5.74) is 0. The van der Waals surface area contributed by atoms with Gasteiger partial charge in [0, 0.05) is 0 Å². The Morgan fingerprint density at radius 2 is 0.305 bits per heavy atom. The van der Waals surface area contributed by atoms with Gasteiger partial charge < -0.3 is 0 Å². The molecule has 0 saturated heterocycles. The summed E-state index contributed by atoms with van der Waals surface area (Å²) < 4.78 is 9.27. The summed E-state index contributed by atoms with van der Waals surface area (Å²) in [7, 11) is -4.87. The van der Waals surface area contributed by atoms with E-state index in [2.05, 4.69) is 589 Å². The van der Waals surface area contributed by atoms with Gasteiger partial charge in [-0.3, -0.25) is 4.55 Å². The quantitative estimate of drug-likeness (QED) is 0.117. The van der Waals surface area contributed by atoms with Crippen LogP contribution >= 0.6 is 589 Å². The van der Waals surface area contributed by atoms with Gasteiger partial charge in [0.1, 0.15) is 51.7 Å². The molecule has 59 heavy (non-hydrogen) atoms. The minimum absolute atomic E-state index is 0.946. The average Bonchev–Trinajstić information content (AvgIpc) is 2.98. The monoisotopic (exact) mass is 3220 g/mol. The summed E-state index contributed by atoms with van der Waals surface area (Å²) in [5.74, 6) is 0. The van der Waals surface area contributed by atoms with Crippen molar-refractivity contribution in [1.29, 1.82) is 0 Å². The first kappa shape index (κ1) is 76.7. The third-order valence-electron chi connectivity index (χ3n) is 6.96. The fourth-order valence-electron chi connectivity index (χ4n) is 3.28. The van der Waals surface area contributed by atoms with Gasteiger partial charge >= 0.3 is 0 Å². The van der Waals surface area contributed by atoms with Gasteiger partial charge in [0.2, 0.25) is 2.57 Å². The minimum atomic E-state index is -4.87. The molecule has 0 bridgehead atoms. The molecule has 0 atom stereocenters. The van der Waals surface area contributed by atoms with E-state index < -0.39 is 66.6 Å². The van der Waals surface area contributed by atoms with Crippen LogP contribution in [-0.2, 0) is 10.1 Å². The zero-order valence-electron chi connectivity index (χ0n) is 24.7. The number of halogens is 37. The molecule has 0 amide bonds. The Kier molecular flexibility index (Phi) is 31.6. The second-order valence-electron chi connectivity index (χ2n) is 10.7. The molecular formula is C18HBr37O3S. The highest BCUT2D eigenvalue weighted by Crippen LogP contribution is 2.84. The predicted molar refractivity (Wildman–Crippen MR) is 391 cm³/mol. The fraction of sp³-hybridized carbons (Fsp3) is 1.00. The van der Waals surface area contributed by atoms with Gasteiger partial charge in [0.05, 0.1) is 0 Å². The van der Waals surface area contributed by atoms with E-state index in [4.69, 9.17) is 0 Å². The van der Waals surface area contributed by atoms with Crippen LogP contribution in [0.1, 0.15) is 0 Å². The topological polar surface area (TPSA) is 54.4 Å². The van der Waals surface area contributed by atoms with Crippen molar-refractivity contribution >= 4 is 600 Å². The second kappa shape index (κ2) is 24.3. The van der Waals surface area contributed by atoms with Crippen LogP contribution in [0.2, 0.25) is 0 Å². The van der Waals surface area contributed by atoms with Crippen LogP contribution in [0, 0.1) is 0 Å². The molecule has 0 radical (unpaired) electrons. The van der Waals surface area contributed by atoms with Crippen molar-refractivity contribution in [1.82, 2.24) is 0 Å². The molecule has 0 spiro atoms. The van der Waals surface area contributed by atoms with Gasteiger partial charge in [0.25, 0.3) is 10.1 Å². The van der Waals surface area contributed by atoms with Crippen LogP contribution in [-0.4, -0.2) is 69.4 Å². The lowest BCUT2D eigenvalue weighted by atomic mass is 10.0. The molecule has 0 fully saturated rings. The molecule has 0 heterocycles. The molecule has 41 heteroatoms. The molecule has 0 aromatic heterocycles. The Bertz CT molecular complexity index is 1680. The first-order valence-electron chi connectivity index (χ1n) is 12.0. The van der Waals surface area contributed by atoms with Crippen LogP contribution in [0.4, 0.5) is 0 Å². The summed E-state index contributed by atoms with van der Waals surface area (Å²) in [6.45, 7) is 0. The highest BCUT2D eigenvalue weighted by Gasteiger charge is 2.85.